The van der Waals surface area contributed by atoms with Crippen molar-refractivity contribution in [1.29, 1.82) is 0 Å². The first kappa shape index (κ1) is 16.4. The second-order valence-electron chi connectivity index (χ2n) is 5.27. The molecule has 0 bridgehead atoms. The van der Waals surface area contributed by atoms with E-state index in [1.54, 1.807) is 11.8 Å². The van der Waals surface area contributed by atoms with Gasteiger partial charge >= 0.3 is 0 Å². The van der Waals surface area contributed by atoms with Crippen LogP contribution >= 0.6 is 23.4 Å². The first-order valence-corrected chi connectivity index (χ1v) is 8.62. The summed E-state index contributed by atoms with van der Waals surface area (Å²) in [5, 5.41) is 5.36. The van der Waals surface area contributed by atoms with Gasteiger partial charge < -0.3 is 5.73 Å². The Balaban J connectivity index is 1.82. The lowest BCUT2D eigenvalue weighted by atomic mass is 10.2. The van der Waals surface area contributed by atoms with Gasteiger partial charge in [-0.05, 0) is 43.7 Å². The summed E-state index contributed by atoms with van der Waals surface area (Å²) in [5.41, 5.74) is 7.27. The highest BCUT2D eigenvalue weighted by atomic mass is 35.5. The van der Waals surface area contributed by atoms with Gasteiger partial charge in [0.25, 0.3) is 0 Å². The molecular weight excluding hydrogens is 302 g/mol. The Morgan fingerprint density at radius 2 is 2.00 bits per heavy atom. The Labute approximate surface area is 135 Å². The zero-order valence-corrected chi connectivity index (χ0v) is 14.1. The van der Waals surface area contributed by atoms with Crippen molar-refractivity contribution in [3.8, 4) is 0 Å². The predicted octanol–water partition coefficient (Wildman–Crippen LogP) is 4.17. The van der Waals surface area contributed by atoms with Crippen molar-refractivity contribution in [3.05, 3.63) is 47.2 Å². The predicted molar refractivity (Wildman–Crippen MR) is 91.1 cm³/mol. The lowest BCUT2D eigenvalue weighted by Crippen LogP contribution is -2.25. The SMILES string of the molecule is CCC(C)n1ccc(CC(N)CSc2ccc(Cl)cc2)n1. The van der Waals surface area contributed by atoms with E-state index in [1.807, 2.05) is 35.1 Å². The van der Waals surface area contributed by atoms with Crippen LogP contribution in [0.3, 0.4) is 0 Å². The quantitative estimate of drug-likeness (QED) is 0.778. The van der Waals surface area contributed by atoms with Gasteiger partial charge in [-0.2, -0.15) is 5.10 Å². The number of benzene rings is 1. The molecule has 5 heteroatoms. The summed E-state index contributed by atoms with van der Waals surface area (Å²) in [4.78, 5) is 1.19. The zero-order valence-electron chi connectivity index (χ0n) is 12.5. The van der Waals surface area contributed by atoms with Gasteiger partial charge in [0.1, 0.15) is 0 Å². The molecule has 0 saturated heterocycles. The summed E-state index contributed by atoms with van der Waals surface area (Å²) in [7, 11) is 0. The molecule has 114 valence electrons. The van der Waals surface area contributed by atoms with E-state index in [2.05, 4.69) is 25.0 Å². The Morgan fingerprint density at radius 1 is 1.29 bits per heavy atom. The molecule has 0 aliphatic carbocycles. The molecule has 2 N–H and O–H groups in total. The molecule has 0 radical (unpaired) electrons. The fourth-order valence-corrected chi connectivity index (χ4v) is 2.96. The van der Waals surface area contributed by atoms with Gasteiger partial charge in [-0.3, -0.25) is 4.68 Å². The minimum absolute atomic E-state index is 0.103. The van der Waals surface area contributed by atoms with Gasteiger partial charge in [-0.1, -0.05) is 18.5 Å². The topological polar surface area (TPSA) is 43.8 Å². The van der Waals surface area contributed by atoms with Gasteiger partial charge in [0.05, 0.1) is 5.69 Å². The van der Waals surface area contributed by atoms with Crippen LogP contribution in [0.4, 0.5) is 0 Å². The average Bonchev–Trinajstić information content (AvgIpc) is 2.94. The van der Waals surface area contributed by atoms with Crippen molar-refractivity contribution >= 4 is 23.4 Å². The van der Waals surface area contributed by atoms with Crippen molar-refractivity contribution < 1.29 is 0 Å². The number of halogens is 1. The number of nitrogens with zero attached hydrogens (tertiary/aromatic N) is 2. The van der Waals surface area contributed by atoms with Crippen LogP contribution in [0.25, 0.3) is 0 Å². The smallest absolute Gasteiger partial charge is 0.0640 e. The highest BCUT2D eigenvalue weighted by Crippen LogP contribution is 2.21. The van der Waals surface area contributed by atoms with Crippen molar-refractivity contribution in [2.24, 2.45) is 5.73 Å². The highest BCUT2D eigenvalue weighted by molar-refractivity contribution is 7.99. The van der Waals surface area contributed by atoms with Gasteiger partial charge in [-0.25, -0.2) is 0 Å². The number of rotatable bonds is 7. The summed E-state index contributed by atoms with van der Waals surface area (Å²) >= 11 is 7.63. The Hall–Kier alpha value is -0.970. The van der Waals surface area contributed by atoms with Gasteiger partial charge in [0.2, 0.25) is 0 Å². The Bertz CT molecular complexity index is 553. The standard InChI is InChI=1S/C16H22ClN3S/c1-3-12(2)20-9-8-15(19-20)10-14(18)11-21-16-6-4-13(17)5-7-16/h4-9,12,14H,3,10-11,18H2,1-2H3. The summed E-state index contributed by atoms with van der Waals surface area (Å²) in [6.07, 6.45) is 3.94. The van der Waals surface area contributed by atoms with E-state index < -0.39 is 0 Å². The van der Waals surface area contributed by atoms with Gasteiger partial charge in [-0.15, -0.1) is 11.8 Å². The van der Waals surface area contributed by atoms with Crippen LogP contribution in [0.2, 0.25) is 5.02 Å². The summed E-state index contributed by atoms with van der Waals surface area (Å²) < 4.78 is 2.02. The summed E-state index contributed by atoms with van der Waals surface area (Å²) in [6, 6.07) is 10.5. The van der Waals surface area contributed by atoms with E-state index >= 15 is 0 Å². The molecule has 0 fully saturated rings. The molecule has 21 heavy (non-hydrogen) atoms. The average molecular weight is 324 g/mol. The molecule has 0 aliphatic rings. The molecule has 0 aliphatic heterocycles. The molecule has 0 spiro atoms. The van der Waals surface area contributed by atoms with Crippen molar-refractivity contribution in [2.45, 2.75) is 43.7 Å². The first-order chi connectivity index (χ1) is 10.1. The minimum Gasteiger partial charge on any atom is -0.327 e. The molecular formula is C16H22ClN3S. The van der Waals surface area contributed by atoms with E-state index in [1.165, 1.54) is 4.90 Å². The number of hydrogen-bond donors (Lipinski definition) is 1. The van der Waals surface area contributed by atoms with Gasteiger partial charge in [0, 0.05) is 40.4 Å². The maximum absolute atomic E-state index is 6.21. The van der Waals surface area contributed by atoms with E-state index in [4.69, 9.17) is 17.3 Å². The molecule has 1 aromatic carbocycles. The lowest BCUT2D eigenvalue weighted by molar-refractivity contribution is 0.472. The fraction of sp³-hybridized carbons (Fsp3) is 0.438. The minimum atomic E-state index is 0.103. The first-order valence-electron chi connectivity index (χ1n) is 7.26. The van der Waals surface area contributed by atoms with E-state index in [9.17, 15) is 0 Å². The zero-order chi connectivity index (χ0) is 15.2. The van der Waals surface area contributed by atoms with Crippen LogP contribution in [0.5, 0.6) is 0 Å². The molecule has 3 nitrogen and oxygen atoms in total. The third kappa shape index (κ3) is 5.06. The largest absolute Gasteiger partial charge is 0.327 e. The maximum atomic E-state index is 6.21. The summed E-state index contributed by atoms with van der Waals surface area (Å²) in [5.74, 6) is 0.873. The maximum Gasteiger partial charge on any atom is 0.0640 e. The Morgan fingerprint density at radius 3 is 2.67 bits per heavy atom. The van der Waals surface area contributed by atoms with Crippen molar-refractivity contribution in [1.82, 2.24) is 9.78 Å². The molecule has 2 aromatic rings. The van der Waals surface area contributed by atoms with Crippen molar-refractivity contribution in [2.75, 3.05) is 5.75 Å². The highest BCUT2D eigenvalue weighted by Gasteiger charge is 2.09. The number of aromatic nitrogens is 2. The van der Waals surface area contributed by atoms with Gasteiger partial charge in [0.15, 0.2) is 0 Å². The van der Waals surface area contributed by atoms with E-state index in [-0.39, 0.29) is 6.04 Å². The van der Waals surface area contributed by atoms with Crippen LogP contribution in [0, 0.1) is 0 Å². The molecule has 1 heterocycles. The Kier molecular flexibility index (Phi) is 6.15. The second kappa shape index (κ2) is 7.87. The van der Waals surface area contributed by atoms with E-state index in [0.29, 0.717) is 6.04 Å². The van der Waals surface area contributed by atoms with Crippen LogP contribution in [0.15, 0.2) is 41.4 Å². The van der Waals surface area contributed by atoms with Crippen LogP contribution in [0.1, 0.15) is 32.0 Å². The third-order valence-electron chi connectivity index (χ3n) is 3.46. The fourth-order valence-electron chi connectivity index (χ4n) is 1.98. The van der Waals surface area contributed by atoms with Crippen LogP contribution in [-0.2, 0) is 6.42 Å². The lowest BCUT2D eigenvalue weighted by Gasteiger charge is -2.11. The molecule has 1 aromatic heterocycles. The van der Waals surface area contributed by atoms with Crippen LogP contribution in [-0.4, -0.2) is 21.6 Å². The normalized spacial score (nSPS) is 14.1. The molecule has 2 rings (SSSR count). The number of hydrogen-bond acceptors (Lipinski definition) is 3. The summed E-state index contributed by atoms with van der Waals surface area (Å²) in [6.45, 7) is 4.34. The third-order valence-corrected chi connectivity index (χ3v) is 4.91. The molecule has 0 saturated carbocycles. The molecule has 2 unspecified atom stereocenters. The monoisotopic (exact) mass is 323 g/mol. The molecule has 2 atom stereocenters. The molecule has 0 amide bonds. The number of nitrogens with two attached hydrogens (primary N) is 1. The number of thioether (sulfide) groups is 1. The van der Waals surface area contributed by atoms with E-state index in [0.717, 1.165) is 29.3 Å². The second-order valence-corrected chi connectivity index (χ2v) is 6.80. The van der Waals surface area contributed by atoms with Crippen LogP contribution < -0.4 is 5.73 Å². The van der Waals surface area contributed by atoms with Crippen molar-refractivity contribution in [3.63, 3.8) is 0 Å².